The fourth-order valence-electron chi connectivity index (χ4n) is 0.781. The molecule has 0 aliphatic carbocycles. The number of unbranched alkanes of at least 4 members (excludes halogenated alkanes) is 1. The standard InChI is InChI=1S/C9H20N2O3/c1-3-4-5-10-9(12)8-11-14-7-6-13-2/h11H,3-8H2,1-2H3,(H,10,12). The van der Waals surface area contributed by atoms with Crippen molar-refractivity contribution in [3.63, 3.8) is 0 Å². The van der Waals surface area contributed by atoms with Gasteiger partial charge in [-0.25, -0.2) is 0 Å². The van der Waals surface area contributed by atoms with Gasteiger partial charge in [-0.05, 0) is 6.42 Å². The van der Waals surface area contributed by atoms with Gasteiger partial charge in [0.1, 0.15) is 0 Å². The van der Waals surface area contributed by atoms with Crippen LogP contribution in [-0.2, 0) is 14.4 Å². The molecule has 1 amide bonds. The number of hydrogen-bond acceptors (Lipinski definition) is 4. The van der Waals surface area contributed by atoms with E-state index in [4.69, 9.17) is 9.57 Å². The lowest BCUT2D eigenvalue weighted by Crippen LogP contribution is -2.34. The Balaban J connectivity index is 3.10. The van der Waals surface area contributed by atoms with Crippen molar-refractivity contribution < 1.29 is 14.4 Å². The van der Waals surface area contributed by atoms with E-state index in [1.807, 2.05) is 0 Å². The van der Waals surface area contributed by atoms with Gasteiger partial charge in [0, 0.05) is 13.7 Å². The second kappa shape index (κ2) is 10.4. The van der Waals surface area contributed by atoms with Crippen LogP contribution >= 0.6 is 0 Å². The monoisotopic (exact) mass is 204 g/mol. The molecule has 0 aromatic rings. The summed E-state index contributed by atoms with van der Waals surface area (Å²) < 4.78 is 4.76. The minimum absolute atomic E-state index is 0.0455. The summed E-state index contributed by atoms with van der Waals surface area (Å²) in [5.41, 5.74) is 2.55. The zero-order valence-electron chi connectivity index (χ0n) is 8.97. The third kappa shape index (κ3) is 9.44. The lowest BCUT2D eigenvalue weighted by atomic mass is 10.3. The molecule has 0 bridgehead atoms. The van der Waals surface area contributed by atoms with Crippen LogP contribution in [0.25, 0.3) is 0 Å². The van der Waals surface area contributed by atoms with Gasteiger partial charge in [0.05, 0.1) is 19.8 Å². The molecule has 0 aliphatic heterocycles. The van der Waals surface area contributed by atoms with E-state index >= 15 is 0 Å². The second-order valence-electron chi connectivity index (χ2n) is 2.87. The predicted octanol–water partition coefficient (Wildman–Crippen LogP) is 0.0703. The van der Waals surface area contributed by atoms with Crippen molar-refractivity contribution in [1.82, 2.24) is 10.8 Å². The Morgan fingerprint density at radius 1 is 1.36 bits per heavy atom. The molecule has 0 radical (unpaired) electrons. The van der Waals surface area contributed by atoms with Crippen molar-refractivity contribution in [3.05, 3.63) is 0 Å². The van der Waals surface area contributed by atoms with E-state index in [-0.39, 0.29) is 12.5 Å². The van der Waals surface area contributed by atoms with Crippen LogP contribution in [0.15, 0.2) is 0 Å². The van der Waals surface area contributed by atoms with Crippen molar-refractivity contribution in [1.29, 1.82) is 0 Å². The third-order valence-corrected chi connectivity index (χ3v) is 1.58. The number of methoxy groups -OCH3 is 1. The van der Waals surface area contributed by atoms with Gasteiger partial charge in [-0.3, -0.25) is 9.63 Å². The van der Waals surface area contributed by atoms with Gasteiger partial charge in [-0.1, -0.05) is 13.3 Å². The molecule has 5 nitrogen and oxygen atoms in total. The molecule has 14 heavy (non-hydrogen) atoms. The molecule has 0 rings (SSSR count). The topological polar surface area (TPSA) is 59.6 Å². The summed E-state index contributed by atoms with van der Waals surface area (Å²) in [7, 11) is 1.60. The lowest BCUT2D eigenvalue weighted by Gasteiger charge is -2.06. The maximum atomic E-state index is 11.1. The first kappa shape index (κ1) is 13.4. The quantitative estimate of drug-likeness (QED) is 0.412. The molecule has 0 heterocycles. The van der Waals surface area contributed by atoms with Crippen LogP contribution in [0.1, 0.15) is 19.8 Å². The predicted molar refractivity (Wildman–Crippen MR) is 53.7 cm³/mol. The highest BCUT2D eigenvalue weighted by Crippen LogP contribution is 1.81. The van der Waals surface area contributed by atoms with Crippen molar-refractivity contribution >= 4 is 5.91 Å². The Kier molecular flexibility index (Phi) is 9.95. The van der Waals surface area contributed by atoms with E-state index in [1.54, 1.807) is 7.11 Å². The molecule has 0 saturated heterocycles. The van der Waals surface area contributed by atoms with Crippen LogP contribution in [0.4, 0.5) is 0 Å². The molecule has 5 heteroatoms. The number of amides is 1. The van der Waals surface area contributed by atoms with Crippen LogP contribution in [0.5, 0.6) is 0 Å². The van der Waals surface area contributed by atoms with Crippen LogP contribution in [-0.4, -0.2) is 39.3 Å². The van der Waals surface area contributed by atoms with Gasteiger partial charge in [0.15, 0.2) is 0 Å². The van der Waals surface area contributed by atoms with Crippen LogP contribution in [0, 0.1) is 0 Å². The largest absolute Gasteiger partial charge is 0.382 e. The molecule has 84 valence electrons. The van der Waals surface area contributed by atoms with Crippen molar-refractivity contribution in [2.75, 3.05) is 33.4 Å². The summed E-state index contributed by atoms with van der Waals surface area (Å²) in [6.07, 6.45) is 2.09. The number of hydroxylamine groups is 1. The Bertz CT molecular complexity index is 142. The first-order valence-electron chi connectivity index (χ1n) is 4.91. The molecule has 0 aromatic carbocycles. The molecule has 0 unspecified atom stereocenters. The number of hydrogen-bond donors (Lipinski definition) is 2. The molecule has 0 aliphatic rings. The SMILES string of the molecule is CCCCNC(=O)CNOCCOC. The average molecular weight is 204 g/mol. The number of nitrogens with one attached hydrogen (secondary N) is 2. The number of ether oxygens (including phenoxy) is 1. The minimum Gasteiger partial charge on any atom is -0.382 e. The van der Waals surface area contributed by atoms with Crippen molar-refractivity contribution in [2.45, 2.75) is 19.8 Å². The Morgan fingerprint density at radius 2 is 2.14 bits per heavy atom. The van der Waals surface area contributed by atoms with Crippen LogP contribution in [0.3, 0.4) is 0 Å². The van der Waals surface area contributed by atoms with Crippen LogP contribution < -0.4 is 10.8 Å². The first-order valence-corrected chi connectivity index (χ1v) is 4.91. The highest BCUT2D eigenvalue weighted by Gasteiger charge is 1.98. The minimum atomic E-state index is -0.0455. The molecule has 0 atom stereocenters. The van der Waals surface area contributed by atoms with E-state index in [2.05, 4.69) is 17.7 Å². The molecule has 2 N–H and O–H groups in total. The summed E-state index contributed by atoms with van der Waals surface area (Å²) in [4.78, 5) is 16.0. The van der Waals surface area contributed by atoms with E-state index in [1.165, 1.54) is 0 Å². The molecule has 0 fully saturated rings. The highest BCUT2D eigenvalue weighted by atomic mass is 16.7. The van der Waals surface area contributed by atoms with Gasteiger partial charge in [0.25, 0.3) is 0 Å². The molecular weight excluding hydrogens is 184 g/mol. The first-order chi connectivity index (χ1) is 6.81. The summed E-state index contributed by atoms with van der Waals surface area (Å²) in [6, 6.07) is 0. The Labute approximate surface area is 85.1 Å². The zero-order valence-corrected chi connectivity index (χ0v) is 8.97. The van der Waals surface area contributed by atoms with Crippen LogP contribution in [0.2, 0.25) is 0 Å². The highest BCUT2D eigenvalue weighted by molar-refractivity contribution is 5.77. The van der Waals surface area contributed by atoms with Gasteiger partial charge in [-0.2, -0.15) is 5.48 Å². The Morgan fingerprint density at radius 3 is 2.79 bits per heavy atom. The van der Waals surface area contributed by atoms with E-state index < -0.39 is 0 Å². The lowest BCUT2D eigenvalue weighted by molar-refractivity contribution is -0.123. The van der Waals surface area contributed by atoms with Crippen molar-refractivity contribution in [3.8, 4) is 0 Å². The normalized spacial score (nSPS) is 10.1. The molecule has 0 spiro atoms. The second-order valence-corrected chi connectivity index (χ2v) is 2.87. The average Bonchev–Trinajstić information content (AvgIpc) is 2.18. The summed E-state index contributed by atoms with van der Waals surface area (Å²) in [6.45, 7) is 3.96. The van der Waals surface area contributed by atoms with E-state index in [0.717, 1.165) is 19.4 Å². The molecule has 0 aromatic heterocycles. The third-order valence-electron chi connectivity index (χ3n) is 1.58. The Hall–Kier alpha value is -0.650. The maximum Gasteiger partial charge on any atom is 0.236 e. The summed E-state index contributed by atoms with van der Waals surface area (Å²) in [5, 5.41) is 2.76. The van der Waals surface area contributed by atoms with E-state index in [9.17, 15) is 4.79 Å². The van der Waals surface area contributed by atoms with Gasteiger partial charge >= 0.3 is 0 Å². The van der Waals surface area contributed by atoms with E-state index in [0.29, 0.717) is 13.2 Å². The molecular formula is C9H20N2O3. The number of carbonyl (C=O) groups is 1. The summed E-state index contributed by atoms with van der Waals surface area (Å²) >= 11 is 0. The smallest absolute Gasteiger partial charge is 0.236 e. The number of rotatable bonds is 9. The maximum absolute atomic E-state index is 11.1. The van der Waals surface area contributed by atoms with Gasteiger partial charge < -0.3 is 10.1 Å². The van der Waals surface area contributed by atoms with Gasteiger partial charge in [-0.15, -0.1) is 0 Å². The fourth-order valence-corrected chi connectivity index (χ4v) is 0.781. The summed E-state index contributed by atoms with van der Waals surface area (Å²) in [5.74, 6) is -0.0455. The fraction of sp³-hybridized carbons (Fsp3) is 0.889. The van der Waals surface area contributed by atoms with Crippen molar-refractivity contribution in [2.24, 2.45) is 0 Å². The number of carbonyl (C=O) groups excluding carboxylic acids is 1. The zero-order chi connectivity index (χ0) is 10.6. The molecule has 0 saturated carbocycles. The van der Waals surface area contributed by atoms with Gasteiger partial charge in [0.2, 0.25) is 5.91 Å².